The van der Waals surface area contributed by atoms with Crippen LogP contribution in [-0.2, 0) is 9.53 Å². The Bertz CT molecular complexity index is 1590. The lowest BCUT2D eigenvalue weighted by molar-refractivity contribution is -0.134. The van der Waals surface area contributed by atoms with Gasteiger partial charge in [0.1, 0.15) is 5.75 Å². The SMILES string of the molecule is CCOC(=O)/C(=N\Nc1ccccc1)Sc1nnc(-c2cc3ccccc3[nH]2)n1/N=C/c1ccc(OC)cc1. The van der Waals surface area contributed by atoms with E-state index >= 15 is 0 Å². The number of aromatic nitrogens is 4. The Morgan fingerprint density at radius 1 is 1.05 bits per heavy atom. The van der Waals surface area contributed by atoms with Gasteiger partial charge in [0, 0.05) is 10.9 Å². The number of anilines is 1. The molecular formula is C28H25N7O3S. The van der Waals surface area contributed by atoms with Crippen molar-refractivity contribution in [1.29, 1.82) is 0 Å². The average Bonchev–Trinajstić information content (AvgIpc) is 3.58. The summed E-state index contributed by atoms with van der Waals surface area (Å²) in [5.41, 5.74) is 6.14. The second kappa shape index (κ2) is 12.1. The van der Waals surface area contributed by atoms with Crippen LogP contribution >= 0.6 is 11.8 Å². The molecule has 0 aliphatic rings. The monoisotopic (exact) mass is 539 g/mol. The van der Waals surface area contributed by atoms with Gasteiger partial charge in [0.2, 0.25) is 16.0 Å². The number of ether oxygens (including phenoxy) is 2. The topological polar surface area (TPSA) is 119 Å². The van der Waals surface area contributed by atoms with Crippen molar-refractivity contribution in [3.63, 3.8) is 0 Å². The van der Waals surface area contributed by atoms with Crippen molar-refractivity contribution in [2.75, 3.05) is 19.1 Å². The zero-order valence-corrected chi connectivity index (χ0v) is 22.1. The van der Waals surface area contributed by atoms with Crippen LogP contribution in [0.1, 0.15) is 12.5 Å². The van der Waals surface area contributed by atoms with E-state index in [-0.39, 0.29) is 11.7 Å². The van der Waals surface area contributed by atoms with E-state index in [0.29, 0.717) is 11.0 Å². The van der Waals surface area contributed by atoms with E-state index in [1.54, 1.807) is 24.9 Å². The highest BCUT2D eigenvalue weighted by Crippen LogP contribution is 2.28. The number of thioether (sulfide) groups is 1. The molecule has 0 fully saturated rings. The Labute approximate surface area is 228 Å². The number of hydrogen-bond acceptors (Lipinski definition) is 9. The number of methoxy groups -OCH3 is 1. The minimum atomic E-state index is -0.591. The lowest BCUT2D eigenvalue weighted by atomic mass is 10.2. The molecule has 0 aliphatic carbocycles. The van der Waals surface area contributed by atoms with Gasteiger partial charge < -0.3 is 14.5 Å². The van der Waals surface area contributed by atoms with Crippen molar-refractivity contribution in [1.82, 2.24) is 19.9 Å². The van der Waals surface area contributed by atoms with Crippen molar-refractivity contribution in [3.8, 4) is 17.3 Å². The second-order valence-electron chi connectivity index (χ2n) is 8.12. The van der Waals surface area contributed by atoms with Crippen LogP contribution in [0.4, 0.5) is 5.69 Å². The third kappa shape index (κ3) is 6.16. The van der Waals surface area contributed by atoms with Crippen molar-refractivity contribution in [2.45, 2.75) is 12.1 Å². The van der Waals surface area contributed by atoms with E-state index in [9.17, 15) is 4.79 Å². The normalized spacial score (nSPS) is 11.7. The van der Waals surface area contributed by atoms with Gasteiger partial charge in [0.25, 0.3) is 0 Å². The smallest absolute Gasteiger partial charge is 0.365 e. The van der Waals surface area contributed by atoms with Crippen LogP contribution < -0.4 is 10.2 Å². The number of H-pyrrole nitrogens is 1. The number of para-hydroxylation sites is 2. The molecule has 2 heterocycles. The van der Waals surface area contributed by atoms with E-state index < -0.39 is 5.97 Å². The van der Waals surface area contributed by atoms with E-state index in [4.69, 9.17) is 9.47 Å². The standard InChI is InChI=1S/C28H25N7O3S/c1-3-38-27(36)26(33-31-21-10-5-4-6-11-21)39-28-34-32-25(24-17-20-9-7-8-12-23(20)30-24)35(28)29-18-19-13-15-22(37-2)16-14-19/h4-18,30-31H,3H2,1-2H3/b29-18+,33-26+. The van der Waals surface area contributed by atoms with Gasteiger partial charge in [-0.05, 0) is 72.8 Å². The maximum atomic E-state index is 12.8. The first-order valence-electron chi connectivity index (χ1n) is 12.1. The second-order valence-corrected chi connectivity index (χ2v) is 9.08. The fourth-order valence-corrected chi connectivity index (χ4v) is 4.33. The van der Waals surface area contributed by atoms with Gasteiger partial charge in [0.15, 0.2) is 0 Å². The number of esters is 1. The molecule has 0 bridgehead atoms. The van der Waals surface area contributed by atoms with E-state index in [2.05, 4.69) is 30.8 Å². The number of aromatic amines is 1. The molecule has 3 aromatic carbocycles. The number of hydrogen-bond donors (Lipinski definition) is 2. The molecule has 0 atom stereocenters. The predicted octanol–water partition coefficient (Wildman–Crippen LogP) is 5.40. The van der Waals surface area contributed by atoms with Crippen molar-refractivity contribution in [3.05, 3.63) is 90.5 Å². The summed E-state index contributed by atoms with van der Waals surface area (Å²) in [5.74, 6) is 0.622. The number of benzene rings is 3. The third-order valence-corrected chi connectivity index (χ3v) is 6.41. The largest absolute Gasteiger partial charge is 0.497 e. The predicted molar refractivity (Wildman–Crippen MR) is 153 cm³/mol. The minimum absolute atomic E-state index is 0.0530. The van der Waals surface area contributed by atoms with E-state index in [1.165, 1.54) is 0 Å². The molecule has 2 N–H and O–H groups in total. The van der Waals surface area contributed by atoms with Gasteiger partial charge in [-0.2, -0.15) is 14.9 Å². The Hall–Kier alpha value is -4.90. The zero-order chi connectivity index (χ0) is 27.0. The molecular weight excluding hydrogens is 514 g/mol. The van der Waals surface area contributed by atoms with Gasteiger partial charge in [-0.3, -0.25) is 5.43 Å². The minimum Gasteiger partial charge on any atom is -0.497 e. The van der Waals surface area contributed by atoms with E-state index in [0.717, 1.165) is 45.4 Å². The maximum Gasteiger partial charge on any atom is 0.365 e. The third-order valence-electron chi connectivity index (χ3n) is 5.52. The fraction of sp³-hybridized carbons (Fsp3) is 0.107. The van der Waals surface area contributed by atoms with Crippen molar-refractivity contribution in [2.24, 2.45) is 10.2 Å². The highest BCUT2D eigenvalue weighted by atomic mass is 32.2. The molecule has 11 heteroatoms. The van der Waals surface area contributed by atoms with Gasteiger partial charge in [0.05, 0.1) is 31.3 Å². The molecule has 0 spiro atoms. The Kier molecular flexibility index (Phi) is 7.98. The van der Waals surface area contributed by atoms with Gasteiger partial charge in [-0.15, -0.1) is 10.2 Å². The van der Waals surface area contributed by atoms with Crippen molar-refractivity contribution >= 4 is 45.6 Å². The number of carbonyl (C=O) groups is 1. The summed E-state index contributed by atoms with van der Waals surface area (Å²) < 4.78 is 12.1. The summed E-state index contributed by atoms with van der Waals surface area (Å²) in [6.45, 7) is 1.94. The summed E-state index contributed by atoms with van der Waals surface area (Å²) in [5, 5.41) is 19.1. The first kappa shape index (κ1) is 25.7. The summed E-state index contributed by atoms with van der Waals surface area (Å²) >= 11 is 1.00. The number of fused-ring (bicyclic) bond motifs is 1. The summed E-state index contributed by atoms with van der Waals surface area (Å²) in [6, 6.07) is 26.7. The van der Waals surface area contributed by atoms with E-state index in [1.807, 2.05) is 84.9 Å². The quantitative estimate of drug-likeness (QED) is 0.0891. The number of nitrogens with zero attached hydrogens (tertiary/aromatic N) is 5. The summed E-state index contributed by atoms with van der Waals surface area (Å²) in [6.07, 6.45) is 1.68. The summed E-state index contributed by atoms with van der Waals surface area (Å²) in [4.78, 5) is 16.2. The lowest BCUT2D eigenvalue weighted by Crippen LogP contribution is -2.16. The average molecular weight is 540 g/mol. The summed E-state index contributed by atoms with van der Waals surface area (Å²) in [7, 11) is 1.62. The van der Waals surface area contributed by atoms with Crippen LogP contribution in [0.3, 0.4) is 0 Å². The molecule has 0 saturated carbocycles. The van der Waals surface area contributed by atoms with Crippen LogP contribution in [0.15, 0.2) is 100 Å². The van der Waals surface area contributed by atoms with Crippen LogP contribution in [0.25, 0.3) is 22.4 Å². The number of carbonyl (C=O) groups excluding carboxylic acids is 1. The Morgan fingerprint density at radius 2 is 1.82 bits per heavy atom. The van der Waals surface area contributed by atoms with Crippen LogP contribution in [0, 0.1) is 0 Å². The van der Waals surface area contributed by atoms with Crippen LogP contribution in [-0.4, -0.2) is 50.8 Å². The zero-order valence-electron chi connectivity index (χ0n) is 21.2. The Balaban J connectivity index is 1.53. The maximum absolute atomic E-state index is 12.8. The highest BCUT2D eigenvalue weighted by Gasteiger charge is 2.22. The molecule has 0 amide bonds. The molecule has 0 saturated heterocycles. The van der Waals surface area contributed by atoms with Gasteiger partial charge in [-0.1, -0.05) is 36.4 Å². The molecule has 2 aromatic heterocycles. The first-order chi connectivity index (χ1) is 19.1. The number of hydrazone groups is 1. The van der Waals surface area contributed by atoms with Gasteiger partial charge >= 0.3 is 5.97 Å². The molecule has 0 aliphatic heterocycles. The molecule has 0 unspecified atom stereocenters. The Morgan fingerprint density at radius 3 is 2.56 bits per heavy atom. The molecule has 39 heavy (non-hydrogen) atoms. The molecule has 5 rings (SSSR count). The number of nitrogens with one attached hydrogen (secondary N) is 2. The van der Waals surface area contributed by atoms with Crippen LogP contribution in [0.2, 0.25) is 0 Å². The number of rotatable bonds is 8. The van der Waals surface area contributed by atoms with Gasteiger partial charge in [-0.25, -0.2) is 4.79 Å². The van der Waals surface area contributed by atoms with Crippen molar-refractivity contribution < 1.29 is 14.3 Å². The molecule has 10 nitrogen and oxygen atoms in total. The first-order valence-corrected chi connectivity index (χ1v) is 12.9. The molecule has 196 valence electrons. The lowest BCUT2D eigenvalue weighted by Gasteiger charge is -2.07. The van der Waals surface area contributed by atoms with Crippen LogP contribution in [0.5, 0.6) is 5.75 Å². The fourth-order valence-electron chi connectivity index (χ4n) is 3.63. The molecule has 0 radical (unpaired) electrons. The molecule has 5 aromatic rings. The highest BCUT2D eigenvalue weighted by molar-refractivity contribution is 8.15.